The summed E-state index contributed by atoms with van der Waals surface area (Å²) in [5.74, 6) is 1.43. The molecule has 3 rings (SSSR count). The first-order valence-corrected chi connectivity index (χ1v) is 9.00. The number of likely N-dealkylation sites (N-methyl/N-ethyl adjacent to an activating group) is 1. The van der Waals surface area contributed by atoms with Crippen LogP contribution >= 0.6 is 11.6 Å². The van der Waals surface area contributed by atoms with Gasteiger partial charge in [0, 0.05) is 23.7 Å². The largest absolute Gasteiger partial charge is 0.490 e. The number of rotatable bonds is 6. The highest BCUT2D eigenvalue weighted by molar-refractivity contribution is 6.31. The molecular weight excluding hydrogens is 338 g/mol. The van der Waals surface area contributed by atoms with Crippen LogP contribution < -0.4 is 9.47 Å². The van der Waals surface area contributed by atoms with E-state index in [1.807, 2.05) is 55.5 Å². The molecule has 1 aliphatic heterocycles. The van der Waals surface area contributed by atoms with Crippen molar-refractivity contribution in [2.75, 3.05) is 33.4 Å². The summed E-state index contributed by atoms with van der Waals surface area (Å²) in [6.45, 7) is 4.92. The molecule has 2 aromatic carbocycles. The van der Waals surface area contributed by atoms with Crippen LogP contribution in [0.3, 0.4) is 0 Å². The molecule has 0 radical (unpaired) electrons. The maximum absolute atomic E-state index is 6.46. The van der Waals surface area contributed by atoms with Gasteiger partial charge in [0.25, 0.3) is 0 Å². The first-order chi connectivity index (χ1) is 12.2. The smallest absolute Gasteiger partial charge is 0.162 e. The van der Waals surface area contributed by atoms with Crippen LogP contribution in [-0.2, 0) is 4.74 Å². The minimum absolute atomic E-state index is 0.103. The van der Waals surface area contributed by atoms with Gasteiger partial charge in [0.05, 0.1) is 13.2 Å². The lowest BCUT2D eigenvalue weighted by Crippen LogP contribution is -2.44. The highest BCUT2D eigenvalue weighted by atomic mass is 35.5. The van der Waals surface area contributed by atoms with E-state index < -0.39 is 0 Å². The number of morpholine rings is 1. The highest BCUT2D eigenvalue weighted by Gasteiger charge is 2.31. The Balaban J connectivity index is 1.93. The molecule has 5 heteroatoms. The highest BCUT2D eigenvalue weighted by Crippen LogP contribution is 2.36. The van der Waals surface area contributed by atoms with Crippen LogP contribution in [0.1, 0.15) is 18.6 Å². The summed E-state index contributed by atoms with van der Waals surface area (Å²) in [5, 5.41) is 0.679. The van der Waals surface area contributed by atoms with Crippen LogP contribution in [0.4, 0.5) is 0 Å². The standard InChI is InChI=1S/C20H24ClNO3/c1-3-23-17-10-6-7-11-18(17)25-20(15-8-4-5-9-16(15)21)19-14-22(2)12-13-24-19/h4-11,19-20H,3,12-14H2,1-2H3. The summed E-state index contributed by atoms with van der Waals surface area (Å²) >= 11 is 6.46. The van der Waals surface area contributed by atoms with Gasteiger partial charge in [0.15, 0.2) is 17.6 Å². The van der Waals surface area contributed by atoms with Crippen molar-refractivity contribution in [3.8, 4) is 11.5 Å². The number of halogens is 1. The summed E-state index contributed by atoms with van der Waals surface area (Å²) in [6.07, 6.45) is -0.411. The van der Waals surface area contributed by atoms with Gasteiger partial charge in [-0.3, -0.25) is 0 Å². The van der Waals surface area contributed by atoms with Gasteiger partial charge in [0.1, 0.15) is 6.10 Å². The van der Waals surface area contributed by atoms with Crippen LogP contribution in [0.5, 0.6) is 11.5 Å². The lowest BCUT2D eigenvalue weighted by atomic mass is 10.0. The van der Waals surface area contributed by atoms with Crippen LogP contribution in [0.25, 0.3) is 0 Å². The monoisotopic (exact) mass is 361 g/mol. The Morgan fingerprint density at radius 2 is 1.88 bits per heavy atom. The molecule has 2 aromatic rings. The molecule has 2 atom stereocenters. The predicted molar refractivity (Wildman–Crippen MR) is 99.7 cm³/mol. The van der Waals surface area contributed by atoms with Crippen molar-refractivity contribution in [1.82, 2.24) is 4.90 Å². The van der Waals surface area contributed by atoms with Crippen LogP contribution in [-0.4, -0.2) is 44.4 Å². The lowest BCUT2D eigenvalue weighted by Gasteiger charge is -2.35. The third-order valence-corrected chi connectivity index (χ3v) is 4.59. The maximum Gasteiger partial charge on any atom is 0.162 e. The Hall–Kier alpha value is -1.75. The molecule has 0 N–H and O–H groups in total. The van der Waals surface area contributed by atoms with E-state index in [1.54, 1.807) is 0 Å². The summed E-state index contributed by atoms with van der Waals surface area (Å²) in [7, 11) is 2.09. The second-order valence-electron chi connectivity index (χ2n) is 6.11. The van der Waals surface area contributed by atoms with E-state index in [4.69, 9.17) is 25.8 Å². The van der Waals surface area contributed by atoms with Crippen molar-refractivity contribution in [2.45, 2.75) is 19.1 Å². The second-order valence-corrected chi connectivity index (χ2v) is 6.52. The molecule has 1 aliphatic rings. The zero-order valence-corrected chi connectivity index (χ0v) is 15.4. The van der Waals surface area contributed by atoms with Crippen molar-refractivity contribution in [3.05, 3.63) is 59.1 Å². The fourth-order valence-electron chi connectivity index (χ4n) is 3.00. The number of ether oxygens (including phenoxy) is 3. The van der Waals surface area contributed by atoms with Crippen LogP contribution in [0, 0.1) is 0 Å². The molecule has 0 spiro atoms. The average Bonchev–Trinajstić information content (AvgIpc) is 2.62. The maximum atomic E-state index is 6.46. The van der Waals surface area contributed by atoms with Gasteiger partial charge in [-0.25, -0.2) is 0 Å². The first-order valence-electron chi connectivity index (χ1n) is 8.62. The van der Waals surface area contributed by atoms with Crippen molar-refractivity contribution < 1.29 is 14.2 Å². The number of hydrogen-bond acceptors (Lipinski definition) is 4. The van der Waals surface area contributed by atoms with Gasteiger partial charge < -0.3 is 19.1 Å². The van der Waals surface area contributed by atoms with E-state index in [2.05, 4.69) is 11.9 Å². The molecule has 0 bridgehead atoms. The molecule has 2 unspecified atom stereocenters. The van der Waals surface area contributed by atoms with E-state index in [9.17, 15) is 0 Å². The van der Waals surface area contributed by atoms with Crippen molar-refractivity contribution in [2.24, 2.45) is 0 Å². The fourth-order valence-corrected chi connectivity index (χ4v) is 3.24. The number of nitrogens with zero attached hydrogens (tertiary/aromatic N) is 1. The zero-order chi connectivity index (χ0) is 17.6. The van der Waals surface area contributed by atoms with Gasteiger partial charge in [-0.2, -0.15) is 0 Å². The molecule has 4 nitrogen and oxygen atoms in total. The van der Waals surface area contributed by atoms with E-state index in [0.29, 0.717) is 24.0 Å². The van der Waals surface area contributed by atoms with E-state index in [1.165, 1.54) is 0 Å². The van der Waals surface area contributed by atoms with Crippen LogP contribution in [0.15, 0.2) is 48.5 Å². The Labute approximate surface area is 154 Å². The van der Waals surface area contributed by atoms with Gasteiger partial charge in [-0.05, 0) is 32.2 Å². The molecule has 25 heavy (non-hydrogen) atoms. The summed E-state index contributed by atoms with van der Waals surface area (Å²) < 4.78 is 18.1. The van der Waals surface area contributed by atoms with Crippen molar-refractivity contribution >= 4 is 11.6 Å². The van der Waals surface area contributed by atoms with Gasteiger partial charge >= 0.3 is 0 Å². The van der Waals surface area contributed by atoms with Gasteiger partial charge in [-0.1, -0.05) is 41.9 Å². The van der Waals surface area contributed by atoms with E-state index >= 15 is 0 Å². The van der Waals surface area contributed by atoms with E-state index in [-0.39, 0.29) is 12.2 Å². The number of hydrogen-bond donors (Lipinski definition) is 0. The molecule has 0 aliphatic carbocycles. The summed E-state index contributed by atoms with van der Waals surface area (Å²) in [4.78, 5) is 2.25. The average molecular weight is 362 g/mol. The first kappa shape index (κ1) is 18.1. The molecule has 0 saturated carbocycles. The Morgan fingerprint density at radius 3 is 2.60 bits per heavy atom. The third kappa shape index (κ3) is 4.46. The molecule has 0 aromatic heterocycles. The lowest BCUT2D eigenvalue weighted by molar-refractivity contribution is -0.0764. The van der Waals surface area contributed by atoms with Crippen molar-refractivity contribution in [3.63, 3.8) is 0 Å². The molecule has 0 amide bonds. The third-order valence-electron chi connectivity index (χ3n) is 4.25. The Bertz CT molecular complexity index is 694. The van der Waals surface area contributed by atoms with Gasteiger partial charge in [-0.15, -0.1) is 0 Å². The van der Waals surface area contributed by atoms with E-state index in [0.717, 1.165) is 24.4 Å². The normalized spacial score (nSPS) is 19.4. The minimum atomic E-state index is -0.307. The topological polar surface area (TPSA) is 30.9 Å². The molecule has 1 heterocycles. The summed E-state index contributed by atoms with van der Waals surface area (Å²) in [5.41, 5.74) is 0.927. The second kappa shape index (κ2) is 8.56. The minimum Gasteiger partial charge on any atom is -0.490 e. The van der Waals surface area contributed by atoms with Crippen molar-refractivity contribution in [1.29, 1.82) is 0 Å². The number of para-hydroxylation sites is 2. The Morgan fingerprint density at radius 1 is 1.16 bits per heavy atom. The fraction of sp³-hybridized carbons (Fsp3) is 0.400. The Kier molecular flexibility index (Phi) is 6.19. The quantitative estimate of drug-likeness (QED) is 0.772. The molecular formula is C20H24ClNO3. The molecule has 1 saturated heterocycles. The zero-order valence-electron chi connectivity index (χ0n) is 14.7. The van der Waals surface area contributed by atoms with Gasteiger partial charge in [0.2, 0.25) is 0 Å². The molecule has 134 valence electrons. The summed E-state index contributed by atoms with van der Waals surface area (Å²) in [6, 6.07) is 15.5. The van der Waals surface area contributed by atoms with Crippen LogP contribution in [0.2, 0.25) is 5.02 Å². The molecule has 1 fully saturated rings. The number of benzene rings is 2. The SMILES string of the molecule is CCOc1ccccc1OC(c1ccccc1Cl)C1CN(C)CCO1. The predicted octanol–water partition coefficient (Wildman–Crippen LogP) is 4.19.